The van der Waals surface area contributed by atoms with Gasteiger partial charge in [0.1, 0.15) is 29.5 Å². The molecule has 2 heterocycles. The van der Waals surface area contributed by atoms with E-state index in [4.69, 9.17) is 25.0 Å². The molecule has 0 fully saturated rings. The van der Waals surface area contributed by atoms with Gasteiger partial charge in [0.05, 0.1) is 6.54 Å². The van der Waals surface area contributed by atoms with Crippen LogP contribution >= 0.6 is 0 Å². The number of carbonyl (C=O) groups is 1. The number of aromatic nitrogens is 1. The Bertz CT molecular complexity index is 1100. The van der Waals surface area contributed by atoms with Crippen molar-refractivity contribution in [2.24, 2.45) is 16.0 Å². The van der Waals surface area contributed by atoms with Gasteiger partial charge in [-0.1, -0.05) is 12.1 Å². The SMILES string of the molecule is Cc1oc(=O)oc1COc1ccccc1/N=N/c1ccc(NC(=O)CN)nc1N. The molecular formula is C18H18N6O5. The van der Waals surface area contributed by atoms with Gasteiger partial charge < -0.3 is 30.4 Å². The summed E-state index contributed by atoms with van der Waals surface area (Å²) in [6.07, 6.45) is 0. The molecule has 0 radical (unpaired) electrons. The average molecular weight is 398 g/mol. The number of ether oxygens (including phenoxy) is 1. The number of benzene rings is 1. The van der Waals surface area contributed by atoms with Gasteiger partial charge in [0.15, 0.2) is 17.3 Å². The van der Waals surface area contributed by atoms with Crippen LogP contribution in [0.5, 0.6) is 5.75 Å². The van der Waals surface area contributed by atoms with E-state index in [2.05, 4.69) is 20.5 Å². The minimum atomic E-state index is -0.789. The number of para-hydroxylation sites is 1. The van der Waals surface area contributed by atoms with E-state index in [1.165, 1.54) is 6.07 Å². The van der Waals surface area contributed by atoms with Crippen LogP contribution in [0.2, 0.25) is 0 Å². The van der Waals surface area contributed by atoms with Crippen LogP contribution in [0.3, 0.4) is 0 Å². The van der Waals surface area contributed by atoms with E-state index in [0.29, 0.717) is 22.9 Å². The first-order valence-corrected chi connectivity index (χ1v) is 8.45. The number of nitrogens with zero attached hydrogens (tertiary/aromatic N) is 3. The highest BCUT2D eigenvalue weighted by Crippen LogP contribution is 2.31. The first-order valence-electron chi connectivity index (χ1n) is 8.45. The van der Waals surface area contributed by atoms with Crippen molar-refractivity contribution in [1.82, 2.24) is 4.98 Å². The quantitative estimate of drug-likeness (QED) is 0.509. The lowest BCUT2D eigenvalue weighted by Gasteiger charge is -2.07. The fourth-order valence-corrected chi connectivity index (χ4v) is 2.23. The van der Waals surface area contributed by atoms with Crippen LogP contribution in [0.4, 0.5) is 23.0 Å². The molecule has 0 unspecified atom stereocenters. The molecule has 0 spiro atoms. The van der Waals surface area contributed by atoms with E-state index in [0.717, 1.165) is 0 Å². The normalized spacial score (nSPS) is 11.0. The maximum Gasteiger partial charge on any atom is 0.519 e. The van der Waals surface area contributed by atoms with Crippen LogP contribution in [-0.2, 0) is 11.4 Å². The summed E-state index contributed by atoms with van der Waals surface area (Å²) in [6.45, 7) is 1.43. The Morgan fingerprint density at radius 1 is 1.17 bits per heavy atom. The molecule has 0 aliphatic carbocycles. The summed E-state index contributed by atoms with van der Waals surface area (Å²) in [5, 5.41) is 10.7. The number of pyridine rings is 1. The van der Waals surface area contributed by atoms with Gasteiger partial charge in [0.25, 0.3) is 0 Å². The number of nitrogen functional groups attached to an aromatic ring is 1. The highest BCUT2D eigenvalue weighted by molar-refractivity contribution is 5.91. The molecule has 0 aliphatic heterocycles. The van der Waals surface area contributed by atoms with Crippen molar-refractivity contribution in [3.63, 3.8) is 0 Å². The number of rotatable bonds is 7. The lowest BCUT2D eigenvalue weighted by molar-refractivity contribution is -0.114. The molecule has 3 aromatic rings. The summed E-state index contributed by atoms with van der Waals surface area (Å²) < 4.78 is 15.4. The molecule has 11 nitrogen and oxygen atoms in total. The van der Waals surface area contributed by atoms with E-state index >= 15 is 0 Å². The van der Waals surface area contributed by atoms with Gasteiger partial charge in [-0.25, -0.2) is 9.78 Å². The van der Waals surface area contributed by atoms with E-state index in [9.17, 15) is 9.59 Å². The number of anilines is 2. The Hall–Kier alpha value is -3.99. The number of hydrogen-bond donors (Lipinski definition) is 3. The Morgan fingerprint density at radius 3 is 2.62 bits per heavy atom. The van der Waals surface area contributed by atoms with E-state index in [-0.39, 0.29) is 36.5 Å². The van der Waals surface area contributed by atoms with Gasteiger partial charge in [0.2, 0.25) is 5.91 Å². The zero-order valence-electron chi connectivity index (χ0n) is 15.4. The van der Waals surface area contributed by atoms with Crippen molar-refractivity contribution < 1.29 is 18.4 Å². The standard InChI is InChI=1S/C18H18N6O5/c1-10-14(29-18(26)28-10)9-27-13-5-3-2-4-11(13)23-24-12-6-7-15(22-17(12)20)21-16(25)8-19/h2-7H,8-9,19H2,1H3,(H3,20,21,22,25)/b24-23+. The number of nitrogens with two attached hydrogens (primary N) is 2. The van der Waals surface area contributed by atoms with Crippen molar-refractivity contribution in [3.8, 4) is 5.75 Å². The first-order chi connectivity index (χ1) is 14.0. The van der Waals surface area contributed by atoms with E-state index in [1.54, 1.807) is 37.3 Å². The summed E-state index contributed by atoms with van der Waals surface area (Å²) in [5.74, 6) is 0.206. The molecule has 1 amide bonds. The molecule has 29 heavy (non-hydrogen) atoms. The zero-order chi connectivity index (χ0) is 20.8. The third-order valence-corrected chi connectivity index (χ3v) is 3.68. The number of nitrogens with one attached hydrogen (secondary N) is 1. The van der Waals surface area contributed by atoms with Gasteiger partial charge in [-0.2, -0.15) is 0 Å². The second kappa shape index (κ2) is 8.80. The number of aryl methyl sites for hydroxylation is 1. The number of azo groups is 1. The maximum atomic E-state index is 11.3. The van der Waals surface area contributed by atoms with Crippen LogP contribution in [0, 0.1) is 6.92 Å². The van der Waals surface area contributed by atoms with Gasteiger partial charge in [-0.05, 0) is 31.2 Å². The molecular weight excluding hydrogens is 380 g/mol. The van der Waals surface area contributed by atoms with Crippen LogP contribution in [0.1, 0.15) is 11.5 Å². The smallest absolute Gasteiger partial charge is 0.483 e. The minimum absolute atomic E-state index is 0.0106. The second-order valence-corrected chi connectivity index (χ2v) is 5.74. The van der Waals surface area contributed by atoms with Crippen molar-refractivity contribution in [1.29, 1.82) is 0 Å². The van der Waals surface area contributed by atoms with Crippen molar-refractivity contribution in [3.05, 3.63) is 58.5 Å². The molecule has 0 aliphatic rings. The molecule has 0 bridgehead atoms. The third-order valence-electron chi connectivity index (χ3n) is 3.68. The number of amides is 1. The topological polar surface area (TPSA) is 171 Å². The Morgan fingerprint density at radius 2 is 1.93 bits per heavy atom. The van der Waals surface area contributed by atoms with Crippen LogP contribution < -0.4 is 27.3 Å². The molecule has 0 saturated carbocycles. The summed E-state index contributed by atoms with van der Waals surface area (Å²) in [6, 6.07) is 10.00. The maximum absolute atomic E-state index is 11.3. The van der Waals surface area contributed by atoms with Gasteiger partial charge in [-0.3, -0.25) is 4.79 Å². The van der Waals surface area contributed by atoms with Gasteiger partial charge in [0, 0.05) is 0 Å². The van der Waals surface area contributed by atoms with Gasteiger partial charge in [-0.15, -0.1) is 10.2 Å². The number of hydrogen-bond acceptors (Lipinski definition) is 10. The van der Waals surface area contributed by atoms with Gasteiger partial charge >= 0.3 is 5.82 Å². The molecule has 11 heteroatoms. The molecule has 2 aromatic heterocycles. The average Bonchev–Trinajstić information content (AvgIpc) is 3.03. The third kappa shape index (κ3) is 5.05. The van der Waals surface area contributed by atoms with E-state index in [1.807, 2.05) is 0 Å². The monoisotopic (exact) mass is 398 g/mol. The summed E-state index contributed by atoms with van der Waals surface area (Å²) in [4.78, 5) is 26.5. The molecule has 150 valence electrons. The lowest BCUT2D eigenvalue weighted by atomic mass is 10.3. The lowest BCUT2D eigenvalue weighted by Crippen LogP contribution is -2.22. The Kier molecular flexibility index (Phi) is 6.00. The largest absolute Gasteiger partial charge is 0.519 e. The number of carbonyl (C=O) groups excluding carboxylic acids is 1. The van der Waals surface area contributed by atoms with Crippen molar-refractivity contribution >= 4 is 28.9 Å². The van der Waals surface area contributed by atoms with Crippen molar-refractivity contribution in [2.45, 2.75) is 13.5 Å². The summed E-state index contributed by atoms with van der Waals surface area (Å²) in [5.41, 5.74) is 11.8. The first kappa shape index (κ1) is 19.8. The van der Waals surface area contributed by atoms with E-state index < -0.39 is 5.82 Å². The highest BCUT2D eigenvalue weighted by atomic mass is 16.6. The fourth-order valence-electron chi connectivity index (χ4n) is 2.23. The fraction of sp³-hybridized carbons (Fsp3) is 0.167. The highest BCUT2D eigenvalue weighted by Gasteiger charge is 2.11. The minimum Gasteiger partial charge on any atom is -0.483 e. The second-order valence-electron chi connectivity index (χ2n) is 5.74. The predicted octanol–water partition coefficient (Wildman–Crippen LogP) is 2.41. The molecule has 5 N–H and O–H groups in total. The summed E-state index contributed by atoms with van der Waals surface area (Å²) in [7, 11) is 0. The van der Waals surface area contributed by atoms with Crippen molar-refractivity contribution in [2.75, 3.05) is 17.6 Å². The van der Waals surface area contributed by atoms with Crippen LogP contribution in [-0.4, -0.2) is 17.4 Å². The summed E-state index contributed by atoms with van der Waals surface area (Å²) >= 11 is 0. The molecule has 3 rings (SSSR count). The Labute approximate surface area is 164 Å². The predicted molar refractivity (Wildman–Crippen MR) is 103 cm³/mol. The zero-order valence-corrected chi connectivity index (χ0v) is 15.4. The molecule has 0 atom stereocenters. The molecule has 0 saturated heterocycles. The Balaban J connectivity index is 1.75. The van der Waals surface area contributed by atoms with Crippen LogP contribution in [0.15, 0.2) is 60.3 Å². The van der Waals surface area contributed by atoms with Crippen LogP contribution in [0.25, 0.3) is 0 Å². The molecule has 1 aromatic carbocycles.